The van der Waals surface area contributed by atoms with Gasteiger partial charge in [0.05, 0.1) is 17.6 Å². The summed E-state index contributed by atoms with van der Waals surface area (Å²) >= 11 is 2.27. The fourth-order valence-electron chi connectivity index (χ4n) is 1.58. The highest BCUT2D eigenvalue weighted by atomic mass is 127. The predicted octanol–water partition coefficient (Wildman–Crippen LogP) is 3.35. The molecule has 88 valence electrons. The Kier molecular flexibility index (Phi) is 3.79. The minimum absolute atomic E-state index is 0.301. The largest absolute Gasteiger partial charge is 0.478 e. The second kappa shape index (κ2) is 5.14. The van der Waals surface area contributed by atoms with Gasteiger partial charge in [-0.25, -0.2) is 9.25 Å². The van der Waals surface area contributed by atoms with Crippen molar-refractivity contribution < 1.29 is 9.90 Å². The van der Waals surface area contributed by atoms with Crippen molar-refractivity contribution in [3.63, 3.8) is 0 Å². The molecule has 1 N–H and O–H groups in total. The smallest absolute Gasteiger partial charge is 0.335 e. The first kappa shape index (κ1) is 12.5. The molecule has 0 amide bonds. The lowest BCUT2D eigenvalue weighted by molar-refractivity contribution is 0.0697. The summed E-state index contributed by atoms with van der Waals surface area (Å²) in [5.41, 5.74) is 3.30. The summed E-state index contributed by atoms with van der Waals surface area (Å²) in [7, 11) is 0. The first-order valence-electron chi connectivity index (χ1n) is 4.88. The summed E-state index contributed by atoms with van der Waals surface area (Å²) in [4.78, 5) is 10.7. The highest BCUT2D eigenvalue weighted by Crippen LogP contribution is 2.29. The monoisotopic (exact) mass is 360 g/mol. The lowest BCUT2D eigenvalue weighted by Crippen LogP contribution is -1.94. The molecule has 1 atom stereocenters. The van der Waals surface area contributed by atoms with Gasteiger partial charge in [0, 0.05) is 11.8 Å². The van der Waals surface area contributed by atoms with Crippen LogP contribution < -0.4 is 0 Å². The van der Waals surface area contributed by atoms with Gasteiger partial charge in [-0.1, -0.05) is 12.1 Å². The average molecular weight is 360 g/mol. The van der Waals surface area contributed by atoms with E-state index in [1.54, 1.807) is 12.1 Å². The van der Waals surface area contributed by atoms with Gasteiger partial charge in [0.25, 0.3) is 0 Å². The van der Waals surface area contributed by atoms with Gasteiger partial charge < -0.3 is 5.11 Å². The van der Waals surface area contributed by atoms with E-state index in [0.717, 1.165) is 16.8 Å². The molecule has 0 spiro atoms. The number of aromatic nitrogens is 2. The van der Waals surface area contributed by atoms with Crippen molar-refractivity contribution in [2.75, 3.05) is 0 Å². The highest BCUT2D eigenvalue weighted by Gasteiger charge is 2.08. The van der Waals surface area contributed by atoms with Crippen LogP contribution in [0.1, 0.15) is 16.1 Å². The lowest BCUT2D eigenvalue weighted by Gasteiger charge is -1.99. The molecule has 1 heterocycles. The van der Waals surface area contributed by atoms with Crippen molar-refractivity contribution in [3.8, 4) is 11.1 Å². The van der Waals surface area contributed by atoms with E-state index in [4.69, 9.17) is 5.11 Å². The van der Waals surface area contributed by atoms with Gasteiger partial charge in [0.2, 0.25) is 0 Å². The molecule has 1 unspecified atom stereocenters. The summed E-state index contributed by atoms with van der Waals surface area (Å²) in [6.45, 7) is 1.95. The maximum Gasteiger partial charge on any atom is 0.335 e. The van der Waals surface area contributed by atoms with Crippen LogP contribution in [0, 0.1) is 6.92 Å². The Morgan fingerprint density at radius 2 is 2.06 bits per heavy atom. The number of benzene rings is 1. The van der Waals surface area contributed by atoms with E-state index in [1.807, 2.05) is 29.7 Å². The molecule has 0 fully saturated rings. The van der Waals surface area contributed by atoms with E-state index < -0.39 is 5.97 Å². The van der Waals surface area contributed by atoms with Crippen LogP contribution in [-0.4, -0.2) is 20.6 Å². The molecule has 0 radical (unpaired) electrons. The molecule has 0 bridgehead atoms. The zero-order valence-electron chi connectivity index (χ0n) is 9.01. The van der Waals surface area contributed by atoms with E-state index in [-0.39, 0.29) is 0 Å². The third-order valence-corrected chi connectivity index (χ3v) is 4.31. The number of rotatable bonds is 3. The van der Waals surface area contributed by atoms with Crippen molar-refractivity contribution in [1.29, 1.82) is 0 Å². The molecule has 0 saturated heterocycles. The number of halogens is 1. The minimum atomic E-state index is -0.905. The molecule has 6 heteroatoms. The maximum absolute atomic E-state index is 10.7. The summed E-state index contributed by atoms with van der Waals surface area (Å²) < 4.78 is 1.89. The summed E-state index contributed by atoms with van der Waals surface area (Å²) in [5.74, 6) is -0.905. The second-order valence-electron chi connectivity index (χ2n) is 3.54. The molecule has 1 aromatic heterocycles. The Hall–Kier alpha value is -0.940. The van der Waals surface area contributed by atoms with E-state index in [1.165, 1.54) is 0 Å². The molecular weight excluding hydrogens is 350 g/mol. The van der Waals surface area contributed by atoms with Crippen LogP contribution in [0.3, 0.4) is 0 Å². The first-order chi connectivity index (χ1) is 8.11. The second-order valence-corrected chi connectivity index (χ2v) is 5.61. The molecule has 2 aromatic rings. The zero-order chi connectivity index (χ0) is 12.4. The lowest BCUT2D eigenvalue weighted by atomic mass is 10.1. The predicted molar refractivity (Wildman–Crippen MR) is 77.1 cm³/mol. The average Bonchev–Trinajstić information content (AvgIpc) is 2.71. The van der Waals surface area contributed by atoms with Crippen LogP contribution in [0.4, 0.5) is 0 Å². The van der Waals surface area contributed by atoms with Crippen molar-refractivity contribution in [3.05, 3.63) is 41.7 Å². The highest BCUT2D eigenvalue weighted by molar-refractivity contribution is 14.2. The van der Waals surface area contributed by atoms with Crippen molar-refractivity contribution in [2.24, 2.45) is 0 Å². The molecule has 0 saturated carbocycles. The number of aryl methyl sites for hydroxylation is 1. The fraction of sp³-hybridized carbons (Fsp3) is 0.0909. The van der Waals surface area contributed by atoms with Gasteiger partial charge in [-0.3, -0.25) is 0 Å². The number of aromatic carboxylic acids is 1. The first-order valence-corrected chi connectivity index (χ1v) is 8.94. The molecule has 2 rings (SSSR count). The van der Waals surface area contributed by atoms with Gasteiger partial charge >= 0.3 is 5.97 Å². The molecule has 1 aromatic carbocycles. The summed E-state index contributed by atoms with van der Waals surface area (Å²) in [6.07, 6.45) is 2.55. The van der Waals surface area contributed by atoms with E-state index >= 15 is 0 Å². The van der Waals surface area contributed by atoms with Crippen LogP contribution >= 0.6 is 28.4 Å². The fourth-order valence-corrected chi connectivity index (χ4v) is 2.69. The third kappa shape index (κ3) is 2.66. The Morgan fingerprint density at radius 1 is 1.41 bits per heavy atom. The van der Waals surface area contributed by atoms with Crippen LogP contribution in [0.25, 0.3) is 11.1 Å². The topological polar surface area (TPSA) is 55.1 Å². The van der Waals surface area contributed by atoms with Gasteiger partial charge in [-0.15, -0.1) is 0 Å². The van der Waals surface area contributed by atoms with Crippen molar-refractivity contribution in [1.82, 2.24) is 9.55 Å². The summed E-state index contributed by atoms with van der Waals surface area (Å²) in [6, 6.07) is 6.85. The molecular formula is C11H10IN2O2P. The number of nitrogens with zero attached hydrogens (tertiary/aromatic N) is 2. The van der Waals surface area contributed by atoms with Gasteiger partial charge in [-0.2, -0.15) is 5.10 Å². The molecule has 4 nitrogen and oxygen atoms in total. The third-order valence-electron chi connectivity index (χ3n) is 2.43. The van der Waals surface area contributed by atoms with Gasteiger partial charge in [0.1, 0.15) is 0 Å². The zero-order valence-corrected chi connectivity index (χ0v) is 12.2. The summed E-state index contributed by atoms with van der Waals surface area (Å²) in [5, 5.41) is 13.2. The molecule has 0 aliphatic carbocycles. The van der Waals surface area contributed by atoms with Crippen molar-refractivity contribution in [2.45, 2.75) is 6.92 Å². The Balaban J connectivity index is 2.39. The number of carboxylic acids is 1. The minimum Gasteiger partial charge on any atom is -0.478 e. The number of hydrogen-bond donors (Lipinski definition) is 1. The number of carboxylic acid groups (broad SMARTS) is 1. The molecule has 17 heavy (non-hydrogen) atoms. The number of carbonyl (C=O) groups is 1. The maximum atomic E-state index is 10.7. The van der Waals surface area contributed by atoms with Crippen LogP contribution in [0.15, 0.2) is 30.5 Å². The Morgan fingerprint density at radius 3 is 2.53 bits per heavy atom. The Bertz CT molecular complexity index is 551. The van der Waals surface area contributed by atoms with Crippen LogP contribution in [0.2, 0.25) is 0 Å². The standard InChI is InChI=1S/C11H10IN2O2P/c1-7-10(6-14(13-7)17-12)8-2-4-9(5-3-8)11(15)16/h2-6,17H,1H3,(H,15,16). The quantitative estimate of drug-likeness (QED) is 0.675. The van der Waals surface area contributed by atoms with E-state index in [2.05, 4.69) is 27.1 Å². The van der Waals surface area contributed by atoms with Crippen LogP contribution in [-0.2, 0) is 0 Å². The van der Waals surface area contributed by atoms with Gasteiger partial charge in [-0.05, 0) is 46.7 Å². The SMILES string of the molecule is Cc1nn(PI)cc1-c1ccc(C(=O)O)cc1. The molecule has 0 aliphatic rings. The van der Waals surface area contributed by atoms with Crippen molar-refractivity contribution >= 4 is 34.4 Å². The van der Waals surface area contributed by atoms with Gasteiger partial charge in [0.15, 0.2) is 0 Å². The van der Waals surface area contributed by atoms with Crippen LogP contribution in [0.5, 0.6) is 0 Å². The van der Waals surface area contributed by atoms with E-state index in [0.29, 0.717) is 11.9 Å². The normalized spacial score (nSPS) is 11.2. The molecule has 0 aliphatic heterocycles. The Labute approximate surface area is 113 Å². The van der Waals surface area contributed by atoms with E-state index in [9.17, 15) is 4.79 Å². The number of hydrogen-bond acceptors (Lipinski definition) is 2.